The highest BCUT2D eigenvalue weighted by molar-refractivity contribution is 6.13. The molecule has 0 unspecified atom stereocenters. The summed E-state index contributed by atoms with van der Waals surface area (Å²) in [4.78, 5) is 7.08. The number of fused-ring (bicyclic) bond motifs is 8. The van der Waals surface area contributed by atoms with Crippen LogP contribution >= 0.6 is 0 Å². The van der Waals surface area contributed by atoms with E-state index in [1.165, 1.54) is 16.5 Å². The van der Waals surface area contributed by atoms with E-state index in [-0.39, 0.29) is 0 Å². The van der Waals surface area contributed by atoms with Crippen molar-refractivity contribution in [2.24, 2.45) is 0 Å². The van der Waals surface area contributed by atoms with Gasteiger partial charge in [-0.3, -0.25) is 0 Å². The third kappa shape index (κ3) is 4.53. The first kappa shape index (κ1) is 28.7. The molecule has 0 radical (unpaired) electrons. The second kappa shape index (κ2) is 11.2. The summed E-state index contributed by atoms with van der Waals surface area (Å²) in [6.07, 6.45) is 0. The number of rotatable bonds is 5. The zero-order chi connectivity index (χ0) is 34.2. The minimum absolute atomic E-state index is 0.574. The lowest BCUT2D eigenvalue weighted by Gasteiger charge is -2.26. The summed E-state index contributed by atoms with van der Waals surface area (Å²) in [7, 11) is 0. The highest BCUT2D eigenvalue weighted by Crippen LogP contribution is 2.43. The normalized spacial score (nSPS) is 11.8. The first-order valence-electron chi connectivity index (χ1n) is 17.4. The molecule has 0 fully saturated rings. The number of furan rings is 2. The van der Waals surface area contributed by atoms with E-state index in [4.69, 9.17) is 18.2 Å². The molecule has 3 heterocycles. The van der Waals surface area contributed by atoms with E-state index in [2.05, 4.69) is 120 Å². The Morgan fingerprint density at radius 2 is 1.04 bits per heavy atom. The fourth-order valence-corrected chi connectivity index (χ4v) is 7.60. The number of benzene rings is 8. The number of aromatic nitrogens is 1. The average Bonchev–Trinajstić information content (AvgIpc) is 3.91. The van der Waals surface area contributed by atoms with Crippen LogP contribution in [0.4, 0.5) is 17.1 Å². The molecule has 0 spiro atoms. The smallest absolute Gasteiger partial charge is 0.228 e. The van der Waals surface area contributed by atoms with Gasteiger partial charge in [0.1, 0.15) is 27.8 Å². The Balaban J connectivity index is 1.10. The van der Waals surface area contributed by atoms with Crippen LogP contribution in [-0.2, 0) is 0 Å². The lowest BCUT2D eigenvalue weighted by atomic mass is 10.0. The van der Waals surface area contributed by atoms with Gasteiger partial charge in [-0.2, -0.15) is 0 Å². The number of anilines is 3. The summed E-state index contributed by atoms with van der Waals surface area (Å²) in [5.74, 6) is 0.574. The van der Waals surface area contributed by atoms with Gasteiger partial charge in [-0.15, -0.1) is 0 Å². The maximum absolute atomic E-state index is 6.58. The third-order valence-corrected chi connectivity index (χ3v) is 10.1. The first-order chi connectivity index (χ1) is 25.7. The lowest BCUT2D eigenvalue weighted by Crippen LogP contribution is -2.09. The molecule has 5 heteroatoms. The molecule has 11 aromatic rings. The highest BCUT2D eigenvalue weighted by Gasteiger charge is 2.20. The molecule has 0 N–H and O–H groups in total. The number of nitrogens with zero attached hydrogens (tertiary/aromatic N) is 2. The van der Waals surface area contributed by atoms with Crippen LogP contribution < -0.4 is 4.90 Å². The minimum Gasteiger partial charge on any atom is -0.456 e. The van der Waals surface area contributed by atoms with E-state index in [0.29, 0.717) is 5.89 Å². The Morgan fingerprint density at radius 1 is 0.385 bits per heavy atom. The summed E-state index contributed by atoms with van der Waals surface area (Å²) < 4.78 is 19.2. The van der Waals surface area contributed by atoms with Crippen molar-refractivity contribution in [3.8, 4) is 22.6 Å². The van der Waals surface area contributed by atoms with Crippen molar-refractivity contribution in [1.82, 2.24) is 4.98 Å². The number of hydrogen-bond donors (Lipinski definition) is 0. The van der Waals surface area contributed by atoms with Crippen molar-refractivity contribution in [1.29, 1.82) is 0 Å². The van der Waals surface area contributed by atoms with Crippen LogP contribution in [0.2, 0.25) is 0 Å². The number of para-hydroxylation sites is 3. The molecule has 0 amide bonds. The summed E-state index contributed by atoms with van der Waals surface area (Å²) in [5.41, 5.74) is 11.1. The van der Waals surface area contributed by atoms with E-state index in [1.807, 2.05) is 54.6 Å². The minimum atomic E-state index is 0.574. The number of hydrogen-bond acceptors (Lipinski definition) is 5. The molecule has 0 bridgehead atoms. The van der Waals surface area contributed by atoms with Gasteiger partial charge in [-0.25, -0.2) is 4.98 Å². The Labute approximate surface area is 297 Å². The van der Waals surface area contributed by atoms with Crippen molar-refractivity contribution in [3.05, 3.63) is 170 Å². The standard InChI is InChI=1S/C47H28N2O3/c1-2-9-29(10-3-1)31-18-17-30-19-20-33(26-32(30)25-31)49(34-21-23-37-36-11-4-6-14-41(36)50-44(37)27-34)35-22-24-38-45(28-35)51-43-16-8-12-39(46(38)43)47-48-40-13-5-7-15-42(40)52-47/h1-28H. The first-order valence-corrected chi connectivity index (χ1v) is 17.4. The largest absolute Gasteiger partial charge is 0.456 e. The van der Waals surface area contributed by atoms with Gasteiger partial charge in [0.25, 0.3) is 0 Å². The van der Waals surface area contributed by atoms with Crippen LogP contribution in [0.15, 0.2) is 183 Å². The van der Waals surface area contributed by atoms with Gasteiger partial charge in [0.2, 0.25) is 5.89 Å². The van der Waals surface area contributed by atoms with Crippen LogP contribution in [0.3, 0.4) is 0 Å². The molecule has 52 heavy (non-hydrogen) atoms. The lowest BCUT2D eigenvalue weighted by molar-refractivity contribution is 0.620. The predicted octanol–water partition coefficient (Wildman–Crippen LogP) is 13.6. The summed E-state index contributed by atoms with van der Waals surface area (Å²) in [5, 5.41) is 6.50. The van der Waals surface area contributed by atoms with Gasteiger partial charge in [0.05, 0.1) is 0 Å². The van der Waals surface area contributed by atoms with E-state index >= 15 is 0 Å². The van der Waals surface area contributed by atoms with Gasteiger partial charge in [-0.1, -0.05) is 84.9 Å². The van der Waals surface area contributed by atoms with Gasteiger partial charge >= 0.3 is 0 Å². The van der Waals surface area contributed by atoms with Gasteiger partial charge in [-0.05, 0) is 94.7 Å². The van der Waals surface area contributed by atoms with Crippen LogP contribution in [-0.4, -0.2) is 4.98 Å². The average molecular weight is 669 g/mol. The molecule has 0 aliphatic rings. The van der Waals surface area contributed by atoms with Crippen LogP contribution in [0.25, 0.3) is 88.3 Å². The second-order valence-electron chi connectivity index (χ2n) is 13.2. The topological polar surface area (TPSA) is 55.6 Å². The van der Waals surface area contributed by atoms with Crippen molar-refractivity contribution in [2.75, 3.05) is 4.90 Å². The van der Waals surface area contributed by atoms with Crippen molar-refractivity contribution in [3.63, 3.8) is 0 Å². The molecular formula is C47H28N2O3. The molecule has 8 aromatic carbocycles. The SMILES string of the molecule is c1ccc(-c2ccc3ccc(N(c4ccc5c(c4)oc4ccccc45)c4ccc5c(c4)oc4cccc(-c6nc7ccccc7o6)c45)cc3c2)cc1. The molecule has 3 aromatic heterocycles. The molecule has 0 saturated heterocycles. The predicted molar refractivity (Wildman–Crippen MR) is 212 cm³/mol. The van der Waals surface area contributed by atoms with E-state index in [1.54, 1.807) is 0 Å². The Hall–Kier alpha value is -7.11. The molecule has 5 nitrogen and oxygen atoms in total. The summed E-state index contributed by atoms with van der Waals surface area (Å²) >= 11 is 0. The van der Waals surface area contributed by atoms with Crippen LogP contribution in [0, 0.1) is 0 Å². The van der Waals surface area contributed by atoms with Crippen LogP contribution in [0.1, 0.15) is 0 Å². The van der Waals surface area contributed by atoms with E-state index in [0.717, 1.165) is 83.0 Å². The van der Waals surface area contributed by atoms with E-state index < -0.39 is 0 Å². The van der Waals surface area contributed by atoms with Gasteiger partial charge in [0, 0.05) is 56.3 Å². The maximum Gasteiger partial charge on any atom is 0.228 e. The van der Waals surface area contributed by atoms with Gasteiger partial charge in [0.15, 0.2) is 5.58 Å². The van der Waals surface area contributed by atoms with Crippen molar-refractivity contribution >= 4 is 82.8 Å². The molecule has 0 aliphatic carbocycles. The molecule has 0 saturated carbocycles. The van der Waals surface area contributed by atoms with Crippen LogP contribution in [0.5, 0.6) is 0 Å². The molecule has 11 rings (SSSR count). The molecule has 244 valence electrons. The molecule has 0 atom stereocenters. The Kier molecular flexibility index (Phi) is 6.18. The number of oxazole rings is 1. The Bertz CT molecular complexity index is 3120. The highest BCUT2D eigenvalue weighted by atomic mass is 16.4. The zero-order valence-electron chi connectivity index (χ0n) is 27.8. The van der Waals surface area contributed by atoms with Crippen molar-refractivity contribution < 1.29 is 13.3 Å². The Morgan fingerprint density at radius 3 is 1.90 bits per heavy atom. The monoisotopic (exact) mass is 668 g/mol. The quantitative estimate of drug-likeness (QED) is 0.183. The third-order valence-electron chi connectivity index (χ3n) is 10.1. The van der Waals surface area contributed by atoms with Gasteiger partial charge < -0.3 is 18.2 Å². The van der Waals surface area contributed by atoms with E-state index in [9.17, 15) is 0 Å². The van der Waals surface area contributed by atoms with Crippen molar-refractivity contribution in [2.45, 2.75) is 0 Å². The second-order valence-corrected chi connectivity index (χ2v) is 13.2. The summed E-state index contributed by atoms with van der Waals surface area (Å²) in [6, 6.07) is 58.8. The summed E-state index contributed by atoms with van der Waals surface area (Å²) in [6.45, 7) is 0. The fraction of sp³-hybridized carbons (Fsp3) is 0. The zero-order valence-corrected chi connectivity index (χ0v) is 27.8. The fourth-order valence-electron chi connectivity index (χ4n) is 7.60. The maximum atomic E-state index is 6.58. The molecular weight excluding hydrogens is 641 g/mol. The molecule has 0 aliphatic heterocycles.